The molecule has 0 N–H and O–H groups in total. The van der Waals surface area contributed by atoms with E-state index in [2.05, 4.69) is 11.8 Å². The monoisotopic (exact) mass is 563 g/mol. The fourth-order valence-corrected chi connectivity index (χ4v) is 5.03. The largest absolute Gasteiger partial charge is 0.467 e. The summed E-state index contributed by atoms with van der Waals surface area (Å²) in [4.78, 5) is 33.1. The van der Waals surface area contributed by atoms with Gasteiger partial charge in [-0.1, -0.05) is 44.0 Å². The Kier molecular flexibility index (Phi) is 11.9. The standard InChI is InChI=1S/C33H42FN3O4/c1-2-3-4-7-27-9-13-29(14-10-27)33(39)36(18-6-17-35-19-22-40-23-20-35)26-32(38)37(25-31-8-5-21-41-31)24-28-11-15-30(34)16-12-28/h5,8-16,21H,2-4,6-7,17-20,22-26H2,1H3. The molecule has 4 rings (SSSR count). The highest BCUT2D eigenvalue weighted by Gasteiger charge is 2.24. The van der Waals surface area contributed by atoms with Crippen molar-refractivity contribution in [1.29, 1.82) is 0 Å². The number of nitrogens with zero attached hydrogens (tertiary/aromatic N) is 3. The van der Waals surface area contributed by atoms with Crippen molar-refractivity contribution in [2.24, 2.45) is 0 Å². The smallest absolute Gasteiger partial charge is 0.254 e. The summed E-state index contributed by atoms with van der Waals surface area (Å²) in [6.07, 6.45) is 6.81. The molecule has 0 saturated carbocycles. The van der Waals surface area contributed by atoms with Crippen LogP contribution in [0.4, 0.5) is 4.39 Å². The lowest BCUT2D eigenvalue weighted by Gasteiger charge is -2.30. The van der Waals surface area contributed by atoms with E-state index in [-0.39, 0.29) is 37.3 Å². The molecule has 0 radical (unpaired) electrons. The molecular formula is C33H42FN3O4. The van der Waals surface area contributed by atoms with Gasteiger partial charge in [-0.15, -0.1) is 0 Å². The first-order valence-electron chi connectivity index (χ1n) is 14.7. The van der Waals surface area contributed by atoms with E-state index in [1.165, 1.54) is 30.5 Å². The van der Waals surface area contributed by atoms with Crippen molar-refractivity contribution in [3.8, 4) is 0 Å². The van der Waals surface area contributed by atoms with Crippen LogP contribution in [0, 0.1) is 5.82 Å². The maximum atomic E-state index is 13.7. The summed E-state index contributed by atoms with van der Waals surface area (Å²) in [6, 6.07) is 17.5. The van der Waals surface area contributed by atoms with Gasteiger partial charge in [0.05, 0.1) is 26.0 Å². The van der Waals surface area contributed by atoms with E-state index in [0.717, 1.165) is 57.7 Å². The highest BCUT2D eigenvalue weighted by Crippen LogP contribution is 2.15. The average molecular weight is 564 g/mol. The number of carbonyl (C=O) groups excluding carboxylic acids is 2. The van der Waals surface area contributed by atoms with Crippen LogP contribution in [0.3, 0.4) is 0 Å². The number of benzene rings is 2. The molecule has 0 aliphatic carbocycles. The minimum absolute atomic E-state index is 0.0535. The lowest BCUT2D eigenvalue weighted by molar-refractivity contribution is -0.133. The molecule has 1 fully saturated rings. The van der Waals surface area contributed by atoms with Crippen LogP contribution in [0.2, 0.25) is 0 Å². The van der Waals surface area contributed by atoms with E-state index in [9.17, 15) is 14.0 Å². The lowest BCUT2D eigenvalue weighted by Crippen LogP contribution is -2.44. The SMILES string of the molecule is CCCCCc1ccc(C(=O)N(CCCN2CCOCC2)CC(=O)N(Cc2ccc(F)cc2)Cc2ccco2)cc1. The Hall–Kier alpha value is -3.49. The van der Waals surface area contributed by atoms with Gasteiger partial charge < -0.3 is 19.0 Å². The third-order valence-corrected chi connectivity index (χ3v) is 7.46. The molecule has 0 spiro atoms. The first-order valence-corrected chi connectivity index (χ1v) is 14.7. The Morgan fingerprint density at radius 3 is 2.29 bits per heavy atom. The van der Waals surface area contributed by atoms with E-state index in [1.807, 2.05) is 30.3 Å². The van der Waals surface area contributed by atoms with Gasteiger partial charge in [0.25, 0.3) is 5.91 Å². The summed E-state index contributed by atoms with van der Waals surface area (Å²) in [6.45, 7) is 7.16. The van der Waals surface area contributed by atoms with E-state index >= 15 is 0 Å². The molecule has 220 valence electrons. The second kappa shape index (κ2) is 16.1. The maximum absolute atomic E-state index is 13.7. The average Bonchev–Trinajstić information content (AvgIpc) is 3.51. The van der Waals surface area contributed by atoms with Crippen molar-refractivity contribution >= 4 is 11.8 Å². The zero-order chi connectivity index (χ0) is 28.9. The van der Waals surface area contributed by atoms with Crippen molar-refractivity contribution in [3.05, 3.63) is 95.2 Å². The number of furan rings is 1. The zero-order valence-electron chi connectivity index (χ0n) is 24.1. The molecule has 1 aliphatic rings. The highest BCUT2D eigenvalue weighted by atomic mass is 19.1. The fraction of sp³-hybridized carbons (Fsp3) is 0.455. The van der Waals surface area contributed by atoms with Crippen molar-refractivity contribution < 1.29 is 23.1 Å². The quantitative estimate of drug-likeness (QED) is 0.227. The van der Waals surface area contributed by atoms with E-state index < -0.39 is 0 Å². The van der Waals surface area contributed by atoms with Crippen molar-refractivity contribution in [3.63, 3.8) is 0 Å². The molecule has 0 bridgehead atoms. The van der Waals surface area contributed by atoms with Crippen molar-refractivity contribution in [2.45, 2.75) is 52.1 Å². The van der Waals surface area contributed by atoms with Crippen LogP contribution >= 0.6 is 0 Å². The van der Waals surface area contributed by atoms with Gasteiger partial charge in [-0.2, -0.15) is 0 Å². The third-order valence-electron chi connectivity index (χ3n) is 7.46. The molecule has 1 aromatic heterocycles. The molecule has 3 aromatic rings. The second-order valence-corrected chi connectivity index (χ2v) is 10.6. The Labute approximate surface area is 242 Å². The first-order chi connectivity index (χ1) is 20.0. The van der Waals surface area contributed by atoms with Crippen molar-refractivity contribution in [1.82, 2.24) is 14.7 Å². The molecular weight excluding hydrogens is 521 g/mol. The van der Waals surface area contributed by atoms with Crippen LogP contribution in [-0.2, 0) is 29.0 Å². The Balaban J connectivity index is 1.47. The Morgan fingerprint density at radius 1 is 0.878 bits per heavy atom. The number of carbonyl (C=O) groups is 2. The minimum Gasteiger partial charge on any atom is -0.467 e. The second-order valence-electron chi connectivity index (χ2n) is 10.6. The normalized spacial score (nSPS) is 13.7. The number of hydrogen-bond donors (Lipinski definition) is 0. The van der Waals surface area contributed by atoms with Gasteiger partial charge in [0, 0.05) is 38.3 Å². The molecule has 0 unspecified atom stereocenters. The van der Waals surface area contributed by atoms with Crippen LogP contribution in [0.15, 0.2) is 71.3 Å². The summed E-state index contributed by atoms with van der Waals surface area (Å²) in [5.74, 6) is -0.0304. The van der Waals surface area contributed by atoms with Crippen LogP contribution in [0.1, 0.15) is 59.9 Å². The molecule has 2 heterocycles. The highest BCUT2D eigenvalue weighted by molar-refractivity contribution is 5.96. The summed E-state index contributed by atoms with van der Waals surface area (Å²) in [5, 5.41) is 0. The summed E-state index contributed by atoms with van der Waals surface area (Å²) in [7, 11) is 0. The summed E-state index contributed by atoms with van der Waals surface area (Å²) in [5.41, 5.74) is 2.60. The van der Waals surface area contributed by atoms with Crippen molar-refractivity contribution in [2.75, 3.05) is 45.9 Å². The van der Waals surface area contributed by atoms with Crippen LogP contribution in [-0.4, -0.2) is 72.5 Å². The van der Waals surface area contributed by atoms with Crippen LogP contribution < -0.4 is 0 Å². The van der Waals surface area contributed by atoms with Gasteiger partial charge in [-0.25, -0.2) is 4.39 Å². The topological polar surface area (TPSA) is 66.2 Å². The Bertz CT molecular complexity index is 1190. The summed E-state index contributed by atoms with van der Waals surface area (Å²) >= 11 is 0. The molecule has 1 aliphatic heterocycles. The number of aryl methyl sites for hydroxylation is 1. The molecule has 0 atom stereocenters. The molecule has 8 heteroatoms. The number of morpholine rings is 1. The molecule has 2 amide bonds. The zero-order valence-corrected chi connectivity index (χ0v) is 24.1. The van der Waals surface area contributed by atoms with E-state index in [0.29, 0.717) is 17.9 Å². The number of amides is 2. The molecule has 41 heavy (non-hydrogen) atoms. The lowest BCUT2D eigenvalue weighted by atomic mass is 10.0. The van der Waals surface area contributed by atoms with Crippen LogP contribution in [0.5, 0.6) is 0 Å². The number of halogens is 1. The summed E-state index contributed by atoms with van der Waals surface area (Å²) < 4.78 is 24.5. The van der Waals surface area contributed by atoms with Gasteiger partial charge >= 0.3 is 0 Å². The van der Waals surface area contributed by atoms with Gasteiger partial charge in [-0.05, 0) is 66.8 Å². The predicted octanol–water partition coefficient (Wildman–Crippen LogP) is 5.54. The van der Waals surface area contributed by atoms with Gasteiger partial charge in [-0.3, -0.25) is 14.5 Å². The van der Waals surface area contributed by atoms with E-state index in [1.54, 1.807) is 34.3 Å². The molecule has 7 nitrogen and oxygen atoms in total. The Morgan fingerprint density at radius 2 is 1.61 bits per heavy atom. The number of ether oxygens (including phenoxy) is 1. The molecule has 1 saturated heterocycles. The van der Waals surface area contributed by atoms with Crippen LogP contribution in [0.25, 0.3) is 0 Å². The fourth-order valence-electron chi connectivity index (χ4n) is 5.03. The third kappa shape index (κ3) is 9.83. The number of hydrogen-bond acceptors (Lipinski definition) is 5. The van der Waals surface area contributed by atoms with E-state index in [4.69, 9.17) is 9.15 Å². The molecule has 2 aromatic carbocycles. The first kappa shape index (κ1) is 30.5. The number of unbranched alkanes of at least 4 members (excludes halogenated alkanes) is 2. The van der Waals surface area contributed by atoms with Gasteiger partial charge in [0.15, 0.2) is 0 Å². The maximum Gasteiger partial charge on any atom is 0.254 e. The minimum atomic E-state index is -0.328. The van der Waals surface area contributed by atoms with Gasteiger partial charge in [0.2, 0.25) is 5.91 Å². The van der Waals surface area contributed by atoms with Gasteiger partial charge in [0.1, 0.15) is 18.1 Å². The number of rotatable bonds is 15. The predicted molar refractivity (Wildman–Crippen MR) is 157 cm³/mol.